The molecule has 0 aromatic rings. The average Bonchev–Trinajstić information content (AvgIpc) is 1.89. The summed E-state index contributed by atoms with van der Waals surface area (Å²) < 4.78 is 5.56. The zero-order chi connectivity index (χ0) is 7.45. The third-order valence-electron chi connectivity index (χ3n) is 1.90. The van der Waals surface area contributed by atoms with Crippen LogP contribution in [0.2, 0.25) is 0 Å². The van der Waals surface area contributed by atoms with E-state index < -0.39 is 0 Å². The smallest absolute Gasteiger partial charge is 0.0790 e. The van der Waals surface area contributed by atoms with Crippen LogP contribution in [0.25, 0.3) is 0 Å². The highest BCUT2D eigenvalue weighted by Crippen LogP contribution is 2.15. The number of ether oxygens (including phenoxy) is 1. The molecule has 1 unspecified atom stereocenters. The van der Waals surface area contributed by atoms with Crippen molar-refractivity contribution in [3.8, 4) is 0 Å². The molecule has 0 saturated carbocycles. The summed E-state index contributed by atoms with van der Waals surface area (Å²) in [5, 5.41) is 3.28. The fourth-order valence-corrected chi connectivity index (χ4v) is 1.24. The zero-order valence-corrected chi connectivity index (χ0v) is 6.52. The Hall–Kier alpha value is -0.120. The largest absolute Gasteiger partial charge is 0.373 e. The third-order valence-corrected chi connectivity index (χ3v) is 1.90. The van der Waals surface area contributed by atoms with Crippen molar-refractivity contribution in [2.24, 2.45) is 5.73 Å². The van der Waals surface area contributed by atoms with Crippen LogP contribution >= 0.6 is 0 Å². The first-order valence-corrected chi connectivity index (χ1v) is 3.82. The van der Waals surface area contributed by atoms with Gasteiger partial charge >= 0.3 is 0 Å². The second-order valence-electron chi connectivity index (χ2n) is 3.01. The van der Waals surface area contributed by atoms with Crippen LogP contribution in [0.4, 0.5) is 0 Å². The molecule has 0 spiro atoms. The van der Waals surface area contributed by atoms with Crippen molar-refractivity contribution in [3.63, 3.8) is 0 Å². The van der Waals surface area contributed by atoms with E-state index in [0.29, 0.717) is 6.54 Å². The molecule has 10 heavy (non-hydrogen) atoms. The molecule has 0 aromatic carbocycles. The van der Waals surface area contributed by atoms with Gasteiger partial charge in [-0.1, -0.05) is 0 Å². The van der Waals surface area contributed by atoms with Gasteiger partial charge in [-0.15, -0.1) is 0 Å². The molecule has 3 heteroatoms. The van der Waals surface area contributed by atoms with Crippen LogP contribution in [0, 0.1) is 0 Å². The molecule has 1 aliphatic rings. The third kappa shape index (κ3) is 1.94. The molecule has 0 aromatic heterocycles. The standard InChI is InChI=1S/C7H16N2O/c1-7(2-3-8)6-9-4-5-10-7/h9H,2-6,8H2,1H3. The molecule has 3 N–H and O–H groups in total. The van der Waals surface area contributed by atoms with E-state index >= 15 is 0 Å². The first-order chi connectivity index (χ1) is 4.77. The van der Waals surface area contributed by atoms with Gasteiger partial charge in [-0.05, 0) is 19.9 Å². The van der Waals surface area contributed by atoms with E-state index in [0.717, 1.165) is 26.1 Å². The number of rotatable bonds is 2. The van der Waals surface area contributed by atoms with Crippen LogP contribution in [0.15, 0.2) is 0 Å². The lowest BCUT2D eigenvalue weighted by Gasteiger charge is -2.34. The lowest BCUT2D eigenvalue weighted by atomic mass is 10.0. The quantitative estimate of drug-likeness (QED) is 0.560. The summed E-state index contributed by atoms with van der Waals surface area (Å²) in [6.07, 6.45) is 0.944. The minimum Gasteiger partial charge on any atom is -0.373 e. The van der Waals surface area contributed by atoms with Gasteiger partial charge in [0, 0.05) is 13.1 Å². The molecular weight excluding hydrogens is 128 g/mol. The second kappa shape index (κ2) is 3.32. The number of nitrogens with two attached hydrogens (primary N) is 1. The van der Waals surface area contributed by atoms with Crippen LogP contribution in [-0.2, 0) is 4.74 Å². The highest BCUT2D eigenvalue weighted by molar-refractivity contribution is 4.81. The van der Waals surface area contributed by atoms with Crippen molar-refractivity contribution in [2.45, 2.75) is 18.9 Å². The lowest BCUT2D eigenvalue weighted by molar-refractivity contribution is -0.0558. The Balaban J connectivity index is 2.32. The van der Waals surface area contributed by atoms with Gasteiger partial charge in [0.25, 0.3) is 0 Å². The molecule has 0 radical (unpaired) electrons. The van der Waals surface area contributed by atoms with Crippen molar-refractivity contribution >= 4 is 0 Å². The monoisotopic (exact) mass is 144 g/mol. The van der Waals surface area contributed by atoms with Gasteiger partial charge in [0.05, 0.1) is 12.2 Å². The molecule has 0 aliphatic carbocycles. The van der Waals surface area contributed by atoms with E-state index in [2.05, 4.69) is 12.2 Å². The second-order valence-corrected chi connectivity index (χ2v) is 3.01. The normalized spacial score (nSPS) is 34.2. The predicted octanol–water partition coefficient (Wildman–Crippen LogP) is -0.286. The highest BCUT2D eigenvalue weighted by atomic mass is 16.5. The number of hydrogen-bond acceptors (Lipinski definition) is 3. The molecule has 0 amide bonds. The summed E-state index contributed by atoms with van der Waals surface area (Å²) in [7, 11) is 0. The zero-order valence-electron chi connectivity index (χ0n) is 6.52. The molecule has 0 bridgehead atoms. The van der Waals surface area contributed by atoms with Crippen LogP contribution in [0.3, 0.4) is 0 Å². The lowest BCUT2D eigenvalue weighted by Crippen LogP contribution is -2.48. The van der Waals surface area contributed by atoms with Crippen molar-refractivity contribution in [3.05, 3.63) is 0 Å². The number of hydrogen-bond donors (Lipinski definition) is 2. The van der Waals surface area contributed by atoms with Crippen molar-refractivity contribution < 1.29 is 4.74 Å². The Kier molecular flexibility index (Phi) is 2.65. The van der Waals surface area contributed by atoms with Gasteiger partial charge in [0.1, 0.15) is 0 Å². The molecule has 60 valence electrons. The summed E-state index contributed by atoms with van der Waals surface area (Å²) in [4.78, 5) is 0. The van der Waals surface area contributed by atoms with Crippen LogP contribution in [0.1, 0.15) is 13.3 Å². The maximum Gasteiger partial charge on any atom is 0.0790 e. The minimum atomic E-state index is -0.00694. The predicted molar refractivity (Wildman–Crippen MR) is 40.9 cm³/mol. The van der Waals surface area contributed by atoms with Gasteiger partial charge in [0.2, 0.25) is 0 Å². The van der Waals surface area contributed by atoms with E-state index in [4.69, 9.17) is 10.5 Å². The maximum absolute atomic E-state index is 5.56. The molecule has 1 atom stereocenters. The Morgan fingerprint density at radius 2 is 2.50 bits per heavy atom. The van der Waals surface area contributed by atoms with Crippen LogP contribution in [0.5, 0.6) is 0 Å². The molecule has 1 rings (SSSR count). The van der Waals surface area contributed by atoms with Crippen LogP contribution in [-0.4, -0.2) is 31.8 Å². The van der Waals surface area contributed by atoms with E-state index in [9.17, 15) is 0 Å². The molecule has 1 fully saturated rings. The fourth-order valence-electron chi connectivity index (χ4n) is 1.24. The number of nitrogens with one attached hydrogen (secondary N) is 1. The van der Waals surface area contributed by atoms with E-state index in [1.54, 1.807) is 0 Å². The first kappa shape index (κ1) is 7.98. The van der Waals surface area contributed by atoms with E-state index in [1.165, 1.54) is 0 Å². The fraction of sp³-hybridized carbons (Fsp3) is 1.00. The van der Waals surface area contributed by atoms with Crippen molar-refractivity contribution in [2.75, 3.05) is 26.2 Å². The van der Waals surface area contributed by atoms with E-state index in [-0.39, 0.29) is 5.60 Å². The molecule has 1 aliphatic heterocycles. The van der Waals surface area contributed by atoms with Crippen LogP contribution < -0.4 is 11.1 Å². The van der Waals surface area contributed by atoms with Gasteiger partial charge < -0.3 is 15.8 Å². The van der Waals surface area contributed by atoms with Gasteiger partial charge in [-0.2, -0.15) is 0 Å². The average molecular weight is 144 g/mol. The molecule has 1 heterocycles. The Morgan fingerprint density at radius 1 is 1.70 bits per heavy atom. The Morgan fingerprint density at radius 3 is 3.00 bits per heavy atom. The topological polar surface area (TPSA) is 47.3 Å². The summed E-state index contributed by atoms with van der Waals surface area (Å²) in [5.41, 5.74) is 5.43. The first-order valence-electron chi connectivity index (χ1n) is 3.82. The molecule has 3 nitrogen and oxygen atoms in total. The molecule has 1 saturated heterocycles. The van der Waals surface area contributed by atoms with Gasteiger partial charge in [0.15, 0.2) is 0 Å². The summed E-state index contributed by atoms with van der Waals surface area (Å²) in [6.45, 7) is 5.53. The van der Waals surface area contributed by atoms with Gasteiger partial charge in [-0.3, -0.25) is 0 Å². The summed E-state index contributed by atoms with van der Waals surface area (Å²) >= 11 is 0. The van der Waals surface area contributed by atoms with Crippen molar-refractivity contribution in [1.29, 1.82) is 0 Å². The Labute approximate surface area is 61.9 Å². The number of morpholine rings is 1. The summed E-state index contributed by atoms with van der Waals surface area (Å²) in [5.74, 6) is 0. The Bertz CT molecular complexity index is 94.3. The summed E-state index contributed by atoms with van der Waals surface area (Å²) in [6, 6.07) is 0. The SMILES string of the molecule is CC1(CCN)CNCCO1. The van der Waals surface area contributed by atoms with Crippen molar-refractivity contribution in [1.82, 2.24) is 5.32 Å². The van der Waals surface area contributed by atoms with E-state index in [1.807, 2.05) is 0 Å². The highest BCUT2D eigenvalue weighted by Gasteiger charge is 2.26. The van der Waals surface area contributed by atoms with Gasteiger partial charge in [-0.25, -0.2) is 0 Å². The molecular formula is C7H16N2O. The maximum atomic E-state index is 5.56. The minimum absolute atomic E-state index is 0.00694.